The van der Waals surface area contributed by atoms with Crippen molar-refractivity contribution in [3.63, 3.8) is 0 Å². The molecule has 1 spiro atoms. The second-order valence-electron chi connectivity index (χ2n) is 8.20. The highest BCUT2D eigenvalue weighted by Gasteiger charge is 2.52. The van der Waals surface area contributed by atoms with Crippen LogP contribution in [0.5, 0.6) is 0 Å². The van der Waals surface area contributed by atoms with Gasteiger partial charge in [-0.1, -0.05) is 31.0 Å². The van der Waals surface area contributed by atoms with Crippen LogP contribution in [-0.2, 0) is 14.4 Å². The lowest BCUT2D eigenvalue weighted by Gasteiger charge is -2.34. The minimum atomic E-state index is -0.420. The van der Waals surface area contributed by atoms with Crippen molar-refractivity contribution < 1.29 is 14.4 Å². The summed E-state index contributed by atoms with van der Waals surface area (Å²) in [5, 5.41) is 2.97. The third kappa shape index (κ3) is 3.63. The first-order valence-corrected chi connectivity index (χ1v) is 10.0. The molecule has 3 aliphatic rings. The van der Waals surface area contributed by atoms with Gasteiger partial charge in [-0.05, 0) is 44.4 Å². The Hall–Kier alpha value is -2.21. The zero-order valence-electron chi connectivity index (χ0n) is 15.7. The number of para-hydroxylation sites is 1. The summed E-state index contributed by atoms with van der Waals surface area (Å²) in [5.41, 5.74) is 0.379. The van der Waals surface area contributed by atoms with Crippen LogP contribution in [0.1, 0.15) is 44.9 Å². The molecule has 3 amide bonds. The average molecular weight is 369 g/mol. The molecule has 4 rings (SSSR count). The summed E-state index contributed by atoms with van der Waals surface area (Å²) in [5.74, 6) is -0.136. The van der Waals surface area contributed by atoms with Crippen molar-refractivity contribution in [2.75, 3.05) is 25.1 Å². The minimum Gasteiger partial charge on any atom is -0.326 e. The number of carbonyl (C=O) groups is 3. The zero-order valence-corrected chi connectivity index (χ0v) is 15.7. The maximum Gasteiger partial charge on any atom is 0.237 e. The Morgan fingerprint density at radius 2 is 1.85 bits per heavy atom. The van der Waals surface area contributed by atoms with E-state index in [1.807, 2.05) is 30.3 Å². The van der Waals surface area contributed by atoms with E-state index in [9.17, 15) is 14.4 Å². The van der Waals surface area contributed by atoms with Crippen molar-refractivity contribution in [1.82, 2.24) is 9.80 Å². The van der Waals surface area contributed by atoms with Crippen LogP contribution in [0, 0.1) is 11.3 Å². The van der Waals surface area contributed by atoms with Gasteiger partial charge in [0.25, 0.3) is 0 Å². The number of hydrogen-bond donors (Lipinski definition) is 1. The van der Waals surface area contributed by atoms with Gasteiger partial charge in [0.05, 0.1) is 18.0 Å². The van der Waals surface area contributed by atoms with Gasteiger partial charge in [-0.3, -0.25) is 24.2 Å². The van der Waals surface area contributed by atoms with Gasteiger partial charge in [-0.15, -0.1) is 0 Å². The summed E-state index contributed by atoms with van der Waals surface area (Å²) in [4.78, 5) is 41.5. The number of imide groups is 1. The number of anilines is 1. The van der Waals surface area contributed by atoms with Gasteiger partial charge < -0.3 is 5.32 Å². The normalized spacial score (nSPS) is 25.3. The van der Waals surface area contributed by atoms with Crippen LogP contribution in [0.25, 0.3) is 0 Å². The second kappa shape index (κ2) is 7.43. The Bertz CT molecular complexity index is 727. The van der Waals surface area contributed by atoms with E-state index in [-0.39, 0.29) is 23.6 Å². The molecule has 1 atom stereocenters. The molecular weight excluding hydrogens is 342 g/mol. The molecule has 1 saturated carbocycles. The highest BCUT2D eigenvalue weighted by molar-refractivity contribution is 6.06. The first kappa shape index (κ1) is 18.2. The van der Waals surface area contributed by atoms with E-state index in [2.05, 4.69) is 10.2 Å². The molecule has 0 aromatic heterocycles. The van der Waals surface area contributed by atoms with E-state index < -0.39 is 5.41 Å². The highest BCUT2D eigenvalue weighted by Crippen LogP contribution is 2.46. The van der Waals surface area contributed by atoms with E-state index in [0.29, 0.717) is 19.6 Å². The van der Waals surface area contributed by atoms with E-state index >= 15 is 0 Å². The van der Waals surface area contributed by atoms with Crippen LogP contribution < -0.4 is 5.32 Å². The van der Waals surface area contributed by atoms with Crippen LogP contribution >= 0.6 is 0 Å². The fourth-order valence-electron chi connectivity index (χ4n) is 4.81. The van der Waals surface area contributed by atoms with Crippen molar-refractivity contribution in [1.29, 1.82) is 0 Å². The van der Waals surface area contributed by atoms with Crippen molar-refractivity contribution in [2.45, 2.75) is 44.9 Å². The Labute approximate surface area is 159 Å². The summed E-state index contributed by atoms with van der Waals surface area (Å²) in [6.07, 6.45) is 5.87. The first-order valence-electron chi connectivity index (χ1n) is 10.0. The molecule has 1 aliphatic carbocycles. The molecule has 0 bridgehead atoms. The molecule has 0 radical (unpaired) electrons. The topological polar surface area (TPSA) is 69.7 Å². The lowest BCUT2D eigenvalue weighted by atomic mass is 9.85. The molecule has 1 aromatic carbocycles. The van der Waals surface area contributed by atoms with Crippen LogP contribution in [0.15, 0.2) is 30.3 Å². The largest absolute Gasteiger partial charge is 0.326 e. The number of amides is 3. The van der Waals surface area contributed by atoms with Gasteiger partial charge in [-0.2, -0.15) is 0 Å². The van der Waals surface area contributed by atoms with Gasteiger partial charge in [0.15, 0.2) is 0 Å². The average Bonchev–Trinajstić information content (AvgIpc) is 3.24. The number of benzene rings is 1. The van der Waals surface area contributed by atoms with E-state index in [1.54, 1.807) is 0 Å². The smallest absolute Gasteiger partial charge is 0.237 e. The number of nitrogens with one attached hydrogen (secondary N) is 1. The summed E-state index contributed by atoms with van der Waals surface area (Å²) in [7, 11) is 0. The molecule has 3 fully saturated rings. The number of likely N-dealkylation sites (tertiary alicyclic amines) is 2. The second-order valence-corrected chi connectivity index (χ2v) is 8.20. The molecular formula is C21H27N3O3. The SMILES string of the molecule is O=C(Nc1ccccc1)C1CCCN(CN2C(=O)CC3(CCCC3)C2=O)C1. The molecule has 2 heterocycles. The maximum atomic E-state index is 12.9. The lowest BCUT2D eigenvalue weighted by molar-refractivity contribution is -0.144. The van der Waals surface area contributed by atoms with Crippen LogP contribution in [-0.4, -0.2) is 47.3 Å². The molecule has 6 nitrogen and oxygen atoms in total. The molecule has 144 valence electrons. The third-order valence-corrected chi connectivity index (χ3v) is 6.31. The molecule has 2 saturated heterocycles. The highest BCUT2D eigenvalue weighted by atomic mass is 16.2. The summed E-state index contributed by atoms with van der Waals surface area (Å²) < 4.78 is 0. The summed E-state index contributed by atoms with van der Waals surface area (Å²) >= 11 is 0. The molecule has 1 N–H and O–H groups in total. The fourth-order valence-corrected chi connectivity index (χ4v) is 4.81. The Balaban J connectivity index is 1.36. The number of nitrogens with zero attached hydrogens (tertiary/aromatic N) is 2. The van der Waals surface area contributed by atoms with Gasteiger partial charge >= 0.3 is 0 Å². The summed E-state index contributed by atoms with van der Waals surface area (Å²) in [6.45, 7) is 1.73. The number of rotatable bonds is 4. The van der Waals surface area contributed by atoms with Crippen LogP contribution in [0.3, 0.4) is 0 Å². The predicted molar refractivity (Wildman–Crippen MR) is 102 cm³/mol. The number of carbonyl (C=O) groups excluding carboxylic acids is 3. The van der Waals surface area contributed by atoms with Crippen LogP contribution in [0.4, 0.5) is 5.69 Å². The van der Waals surface area contributed by atoms with E-state index in [4.69, 9.17) is 0 Å². The number of hydrogen-bond acceptors (Lipinski definition) is 4. The van der Waals surface area contributed by atoms with Gasteiger partial charge in [0.1, 0.15) is 0 Å². The van der Waals surface area contributed by atoms with Crippen LogP contribution in [0.2, 0.25) is 0 Å². The Kier molecular flexibility index (Phi) is 5.00. The quantitative estimate of drug-likeness (QED) is 0.829. The predicted octanol–water partition coefficient (Wildman–Crippen LogP) is 2.61. The molecule has 1 aromatic rings. The summed E-state index contributed by atoms with van der Waals surface area (Å²) in [6, 6.07) is 9.46. The third-order valence-electron chi connectivity index (χ3n) is 6.31. The minimum absolute atomic E-state index is 0.0113. The molecule has 27 heavy (non-hydrogen) atoms. The Morgan fingerprint density at radius 3 is 2.59 bits per heavy atom. The number of piperidine rings is 1. The van der Waals surface area contributed by atoms with E-state index in [0.717, 1.165) is 50.8 Å². The van der Waals surface area contributed by atoms with Gasteiger partial charge in [0, 0.05) is 18.7 Å². The zero-order chi connectivity index (χ0) is 18.9. The molecule has 6 heteroatoms. The molecule has 2 aliphatic heterocycles. The van der Waals surface area contributed by atoms with Crippen molar-refractivity contribution in [3.05, 3.63) is 30.3 Å². The maximum absolute atomic E-state index is 12.9. The van der Waals surface area contributed by atoms with Crippen molar-refractivity contribution in [2.24, 2.45) is 11.3 Å². The van der Waals surface area contributed by atoms with E-state index in [1.165, 1.54) is 4.90 Å². The standard InChI is InChI=1S/C21H27N3O3/c25-18-13-21(10-4-5-11-21)20(27)24(18)15-23-12-6-7-16(14-23)19(26)22-17-8-2-1-3-9-17/h1-3,8-9,16H,4-7,10-15H2,(H,22,26). The van der Waals surface area contributed by atoms with Crippen molar-refractivity contribution >= 4 is 23.4 Å². The van der Waals surface area contributed by atoms with Gasteiger partial charge in [0.2, 0.25) is 17.7 Å². The monoisotopic (exact) mass is 369 g/mol. The fraction of sp³-hybridized carbons (Fsp3) is 0.571. The van der Waals surface area contributed by atoms with Crippen molar-refractivity contribution in [3.8, 4) is 0 Å². The van der Waals surface area contributed by atoms with Gasteiger partial charge in [-0.25, -0.2) is 0 Å². The first-order chi connectivity index (χ1) is 13.1. The lowest BCUT2D eigenvalue weighted by Crippen LogP contribution is -2.48. The Morgan fingerprint density at radius 1 is 1.11 bits per heavy atom. The molecule has 1 unspecified atom stereocenters.